The van der Waals surface area contributed by atoms with Gasteiger partial charge in [0.2, 0.25) is 0 Å². The van der Waals surface area contributed by atoms with Gasteiger partial charge in [0, 0.05) is 5.56 Å². The summed E-state index contributed by atoms with van der Waals surface area (Å²) in [5, 5.41) is 5.96. The van der Waals surface area contributed by atoms with Gasteiger partial charge in [0.15, 0.2) is 0 Å². The number of benzene rings is 3. The molecule has 1 fully saturated rings. The first-order chi connectivity index (χ1) is 16.9. The van der Waals surface area contributed by atoms with Gasteiger partial charge in [-0.2, -0.15) is 0 Å². The topological polar surface area (TPSA) is 87.2 Å². The molecule has 0 spiro atoms. The fourth-order valence-electron chi connectivity index (χ4n) is 3.89. The van der Waals surface area contributed by atoms with Crippen molar-refractivity contribution in [2.45, 2.75) is 6.54 Å². The van der Waals surface area contributed by atoms with E-state index in [0.29, 0.717) is 27.5 Å². The van der Waals surface area contributed by atoms with Gasteiger partial charge in [0.25, 0.3) is 11.5 Å². The van der Waals surface area contributed by atoms with Crippen molar-refractivity contribution in [1.29, 1.82) is 0 Å². The number of imide groups is 1. The Morgan fingerprint density at radius 1 is 0.914 bits per heavy atom. The molecule has 1 aromatic heterocycles. The van der Waals surface area contributed by atoms with Crippen LogP contribution in [-0.4, -0.2) is 26.6 Å². The zero-order valence-electron chi connectivity index (χ0n) is 18.2. The first-order valence-corrected chi connectivity index (χ1v) is 11.0. The molecule has 1 aliphatic heterocycles. The fourth-order valence-corrected chi connectivity index (χ4v) is 4.11. The summed E-state index contributed by atoms with van der Waals surface area (Å²) in [7, 11) is 0. The van der Waals surface area contributed by atoms with Crippen LogP contribution in [0.4, 0.5) is 9.18 Å². The standard InChI is InChI=1S/C26H18ClFN4O3/c27-20-11-4-5-12-22(20)32-24(33)19(23(30-32)17-8-2-1-3-9-17)14-21-25(34)31(26(35)29-21)15-16-7-6-10-18(28)13-16/h1-14,30H,15H2,(H,29,35)/b21-14-. The van der Waals surface area contributed by atoms with E-state index in [2.05, 4.69) is 10.4 Å². The van der Waals surface area contributed by atoms with Crippen LogP contribution in [0.15, 0.2) is 89.4 Å². The highest BCUT2D eigenvalue weighted by atomic mass is 35.5. The summed E-state index contributed by atoms with van der Waals surface area (Å²) < 4.78 is 14.8. The normalized spacial score (nSPS) is 14.6. The quantitative estimate of drug-likeness (QED) is 0.315. The monoisotopic (exact) mass is 488 g/mol. The van der Waals surface area contributed by atoms with Crippen LogP contribution in [0.3, 0.4) is 0 Å². The fraction of sp³-hybridized carbons (Fsp3) is 0.0385. The van der Waals surface area contributed by atoms with E-state index >= 15 is 0 Å². The molecule has 0 saturated carbocycles. The predicted molar refractivity (Wildman–Crippen MR) is 130 cm³/mol. The van der Waals surface area contributed by atoms with Crippen LogP contribution in [0.25, 0.3) is 23.0 Å². The first kappa shape index (κ1) is 22.4. The summed E-state index contributed by atoms with van der Waals surface area (Å²) in [6.07, 6.45) is 1.35. The lowest BCUT2D eigenvalue weighted by molar-refractivity contribution is -0.123. The summed E-state index contributed by atoms with van der Waals surface area (Å²) in [6.45, 7) is -0.109. The van der Waals surface area contributed by atoms with Crippen LogP contribution >= 0.6 is 11.6 Å². The zero-order chi connectivity index (χ0) is 24.5. The van der Waals surface area contributed by atoms with Crippen LogP contribution in [0.1, 0.15) is 11.1 Å². The van der Waals surface area contributed by atoms with Gasteiger partial charge in [-0.05, 0) is 35.9 Å². The van der Waals surface area contributed by atoms with Crippen LogP contribution in [0.5, 0.6) is 0 Å². The van der Waals surface area contributed by atoms with E-state index in [1.54, 1.807) is 30.3 Å². The second kappa shape index (κ2) is 9.08. The minimum Gasteiger partial charge on any atom is -0.303 e. The Morgan fingerprint density at radius 2 is 1.66 bits per heavy atom. The van der Waals surface area contributed by atoms with E-state index in [0.717, 1.165) is 4.90 Å². The Kier molecular flexibility index (Phi) is 5.80. The Balaban J connectivity index is 1.58. The number of carbonyl (C=O) groups excluding carboxylic acids is 2. The van der Waals surface area contributed by atoms with Crippen LogP contribution < -0.4 is 10.9 Å². The first-order valence-electron chi connectivity index (χ1n) is 10.7. The number of nitrogens with zero attached hydrogens (tertiary/aromatic N) is 2. The lowest BCUT2D eigenvalue weighted by atomic mass is 10.1. The number of urea groups is 1. The van der Waals surface area contributed by atoms with Gasteiger partial charge in [-0.3, -0.25) is 19.6 Å². The Morgan fingerprint density at radius 3 is 2.40 bits per heavy atom. The highest BCUT2D eigenvalue weighted by Crippen LogP contribution is 2.26. The van der Waals surface area contributed by atoms with Gasteiger partial charge in [-0.15, -0.1) is 0 Å². The molecular weight excluding hydrogens is 471 g/mol. The van der Waals surface area contributed by atoms with Gasteiger partial charge in [0.1, 0.15) is 11.5 Å². The average Bonchev–Trinajstić information content (AvgIpc) is 3.31. The van der Waals surface area contributed by atoms with E-state index < -0.39 is 23.3 Å². The Labute approximate surface area is 204 Å². The van der Waals surface area contributed by atoms with Gasteiger partial charge >= 0.3 is 6.03 Å². The number of para-hydroxylation sites is 1. The second-order valence-electron chi connectivity index (χ2n) is 7.87. The number of carbonyl (C=O) groups is 2. The number of hydrogen-bond acceptors (Lipinski definition) is 3. The van der Waals surface area contributed by atoms with Crippen molar-refractivity contribution in [3.8, 4) is 16.9 Å². The molecule has 1 saturated heterocycles. The summed E-state index contributed by atoms with van der Waals surface area (Å²) in [5.41, 5.74) is 1.72. The van der Waals surface area contributed by atoms with Crippen molar-refractivity contribution in [1.82, 2.24) is 20.0 Å². The largest absolute Gasteiger partial charge is 0.329 e. The van der Waals surface area contributed by atoms with E-state index in [1.165, 1.54) is 29.0 Å². The van der Waals surface area contributed by atoms with Gasteiger partial charge < -0.3 is 5.32 Å². The minimum absolute atomic E-state index is 0.0639. The van der Waals surface area contributed by atoms with Crippen molar-refractivity contribution in [2.75, 3.05) is 0 Å². The molecule has 4 aromatic rings. The Hall–Kier alpha value is -4.43. The molecule has 2 N–H and O–H groups in total. The number of hydrogen-bond donors (Lipinski definition) is 2. The second-order valence-corrected chi connectivity index (χ2v) is 8.28. The summed E-state index contributed by atoms with van der Waals surface area (Å²) >= 11 is 6.32. The van der Waals surface area contributed by atoms with Crippen molar-refractivity contribution >= 4 is 29.6 Å². The predicted octanol–water partition coefficient (Wildman–Crippen LogP) is 4.72. The van der Waals surface area contributed by atoms with Crippen molar-refractivity contribution in [3.63, 3.8) is 0 Å². The lowest BCUT2D eigenvalue weighted by Crippen LogP contribution is -2.30. The third kappa shape index (κ3) is 4.27. The number of amides is 3. The molecule has 7 nitrogen and oxygen atoms in total. The molecule has 9 heteroatoms. The third-order valence-electron chi connectivity index (χ3n) is 5.56. The van der Waals surface area contributed by atoms with Crippen LogP contribution in [0.2, 0.25) is 5.02 Å². The highest BCUT2D eigenvalue weighted by Gasteiger charge is 2.34. The summed E-state index contributed by atoms with van der Waals surface area (Å²) in [4.78, 5) is 40.0. The van der Waals surface area contributed by atoms with E-state index in [1.807, 2.05) is 30.3 Å². The highest BCUT2D eigenvalue weighted by molar-refractivity contribution is 6.32. The number of halogens is 2. The van der Waals surface area contributed by atoms with Gasteiger partial charge in [-0.25, -0.2) is 13.9 Å². The number of aromatic nitrogens is 2. The molecule has 3 aromatic carbocycles. The molecule has 174 valence electrons. The zero-order valence-corrected chi connectivity index (χ0v) is 18.9. The van der Waals surface area contributed by atoms with Crippen LogP contribution in [0, 0.1) is 5.82 Å². The summed E-state index contributed by atoms with van der Waals surface area (Å²) in [6, 6.07) is 21.0. The molecule has 1 aliphatic rings. The van der Waals surface area contributed by atoms with E-state index in [9.17, 15) is 18.8 Å². The molecule has 0 atom stereocenters. The van der Waals surface area contributed by atoms with E-state index in [4.69, 9.17) is 11.6 Å². The lowest BCUT2D eigenvalue weighted by Gasteiger charge is -2.11. The third-order valence-corrected chi connectivity index (χ3v) is 5.88. The Bertz CT molecular complexity index is 1540. The molecule has 0 radical (unpaired) electrons. The van der Waals surface area contributed by atoms with Crippen molar-refractivity contribution in [3.05, 3.63) is 117 Å². The number of nitrogens with one attached hydrogen (secondary N) is 2. The van der Waals surface area contributed by atoms with Crippen molar-refractivity contribution < 1.29 is 14.0 Å². The molecule has 0 aliphatic carbocycles. The number of aromatic amines is 1. The number of H-pyrrole nitrogens is 1. The van der Waals surface area contributed by atoms with E-state index in [-0.39, 0.29) is 17.8 Å². The smallest absolute Gasteiger partial charge is 0.303 e. The maximum atomic E-state index is 13.6. The maximum absolute atomic E-state index is 13.6. The molecular formula is C26H18ClFN4O3. The number of rotatable bonds is 5. The van der Waals surface area contributed by atoms with Crippen molar-refractivity contribution in [2.24, 2.45) is 0 Å². The molecule has 2 heterocycles. The molecule has 35 heavy (non-hydrogen) atoms. The maximum Gasteiger partial charge on any atom is 0.329 e. The average molecular weight is 489 g/mol. The van der Waals surface area contributed by atoms with Gasteiger partial charge in [0.05, 0.1) is 28.5 Å². The molecule has 0 unspecified atom stereocenters. The summed E-state index contributed by atoms with van der Waals surface area (Å²) in [5.74, 6) is -1.09. The van der Waals surface area contributed by atoms with Crippen LogP contribution in [-0.2, 0) is 11.3 Å². The molecule has 5 rings (SSSR count). The minimum atomic E-state index is -0.659. The van der Waals surface area contributed by atoms with Gasteiger partial charge in [-0.1, -0.05) is 66.2 Å². The molecule has 0 bridgehead atoms. The SMILES string of the molecule is O=C1N/C(=C\c2c(-c3ccccc3)[nH]n(-c3ccccc3Cl)c2=O)C(=O)N1Cc1cccc(F)c1. The molecule has 3 amide bonds.